The monoisotopic (exact) mass is 233 g/mol. The van der Waals surface area contributed by atoms with E-state index in [4.69, 9.17) is 4.74 Å². The lowest BCUT2D eigenvalue weighted by atomic mass is 10.1. The van der Waals surface area contributed by atoms with Gasteiger partial charge in [-0.2, -0.15) is 0 Å². The predicted molar refractivity (Wildman–Crippen MR) is 64.0 cm³/mol. The molecule has 0 N–H and O–H groups in total. The van der Waals surface area contributed by atoms with Crippen LogP contribution in [-0.4, -0.2) is 31.6 Å². The Kier molecular flexibility index (Phi) is 3.75. The van der Waals surface area contributed by atoms with Crippen LogP contribution in [0.2, 0.25) is 0 Å². The molecule has 90 valence electrons. The van der Waals surface area contributed by atoms with Crippen molar-refractivity contribution in [2.24, 2.45) is 4.99 Å². The summed E-state index contributed by atoms with van der Waals surface area (Å²) in [6.07, 6.45) is 1.59. The summed E-state index contributed by atoms with van der Waals surface area (Å²) in [5.41, 5.74) is 1.24. The first kappa shape index (κ1) is 11.6. The van der Waals surface area contributed by atoms with Gasteiger partial charge in [-0.1, -0.05) is 30.3 Å². The Morgan fingerprint density at radius 2 is 2.18 bits per heavy atom. The Morgan fingerprint density at radius 1 is 1.41 bits per heavy atom. The number of carbonyl (C=O) groups is 1. The second-order valence-electron chi connectivity index (χ2n) is 3.86. The molecule has 0 amide bonds. The fraction of sp³-hybridized carbons (Fsp3) is 0.385. The topological polar surface area (TPSA) is 47.9 Å². The molecule has 0 radical (unpaired) electrons. The maximum atomic E-state index is 11.2. The fourth-order valence-electron chi connectivity index (χ4n) is 1.71. The van der Waals surface area contributed by atoms with E-state index in [9.17, 15) is 4.79 Å². The fourth-order valence-corrected chi connectivity index (χ4v) is 1.71. The molecular weight excluding hydrogens is 218 g/mol. The molecule has 1 aromatic carbocycles. The van der Waals surface area contributed by atoms with Crippen molar-refractivity contribution in [3.63, 3.8) is 0 Å². The average molecular weight is 233 g/mol. The van der Waals surface area contributed by atoms with Crippen molar-refractivity contribution in [1.82, 2.24) is 0 Å². The molecule has 0 saturated heterocycles. The minimum Gasteiger partial charge on any atom is -0.478 e. The van der Waals surface area contributed by atoms with Crippen LogP contribution in [0, 0.1) is 0 Å². The van der Waals surface area contributed by atoms with Crippen LogP contribution in [0.1, 0.15) is 12.0 Å². The maximum absolute atomic E-state index is 11.2. The summed E-state index contributed by atoms with van der Waals surface area (Å²) in [5, 5.41) is 0. The van der Waals surface area contributed by atoms with Crippen molar-refractivity contribution < 1.29 is 14.3 Å². The third kappa shape index (κ3) is 3.06. The van der Waals surface area contributed by atoms with Gasteiger partial charge in [0.2, 0.25) is 0 Å². The number of benzene rings is 1. The van der Waals surface area contributed by atoms with Gasteiger partial charge in [-0.05, 0) is 12.0 Å². The second kappa shape index (κ2) is 5.48. The molecule has 17 heavy (non-hydrogen) atoms. The lowest BCUT2D eigenvalue weighted by Gasteiger charge is -2.01. The summed E-state index contributed by atoms with van der Waals surface area (Å²) in [7, 11) is 1.36. The largest absolute Gasteiger partial charge is 0.478 e. The lowest BCUT2D eigenvalue weighted by molar-refractivity contribution is -0.142. The molecule has 0 aliphatic carbocycles. The minimum absolute atomic E-state index is 0.302. The van der Waals surface area contributed by atoms with E-state index in [0.717, 1.165) is 12.8 Å². The Hall–Kier alpha value is -1.84. The molecular formula is C13H15NO3. The first-order valence-electron chi connectivity index (χ1n) is 5.61. The summed E-state index contributed by atoms with van der Waals surface area (Å²) >= 11 is 0. The summed E-state index contributed by atoms with van der Waals surface area (Å²) in [5.74, 6) is 0.309. The molecule has 4 heteroatoms. The molecule has 1 aliphatic rings. The van der Waals surface area contributed by atoms with E-state index in [1.165, 1.54) is 12.7 Å². The van der Waals surface area contributed by atoms with Crippen molar-refractivity contribution in [1.29, 1.82) is 0 Å². The number of rotatable bonds is 4. The molecule has 0 saturated carbocycles. The molecule has 1 aliphatic heterocycles. The van der Waals surface area contributed by atoms with Crippen LogP contribution in [-0.2, 0) is 20.7 Å². The first-order valence-corrected chi connectivity index (χ1v) is 5.61. The third-order valence-corrected chi connectivity index (χ3v) is 2.65. The van der Waals surface area contributed by atoms with Gasteiger partial charge in [0.1, 0.15) is 6.61 Å². The molecule has 0 unspecified atom stereocenters. The van der Waals surface area contributed by atoms with Gasteiger partial charge in [-0.3, -0.25) is 0 Å². The van der Waals surface area contributed by atoms with Crippen molar-refractivity contribution in [2.45, 2.75) is 18.9 Å². The zero-order valence-electron chi connectivity index (χ0n) is 9.76. The molecule has 0 aromatic heterocycles. The normalized spacial score (nSPS) is 18.4. The summed E-state index contributed by atoms with van der Waals surface area (Å²) in [6.45, 7) is 0.302. The van der Waals surface area contributed by atoms with E-state index < -0.39 is 6.04 Å². The highest BCUT2D eigenvalue weighted by Crippen LogP contribution is 2.11. The molecule has 0 bridgehead atoms. The number of aryl methyl sites for hydroxylation is 1. The molecule has 0 spiro atoms. The maximum Gasteiger partial charge on any atom is 0.334 e. The van der Waals surface area contributed by atoms with Gasteiger partial charge >= 0.3 is 5.97 Å². The molecule has 1 heterocycles. The van der Waals surface area contributed by atoms with Crippen molar-refractivity contribution in [3.8, 4) is 0 Å². The van der Waals surface area contributed by atoms with Gasteiger partial charge in [0, 0.05) is 6.42 Å². The Labute approximate surface area is 100 Å². The molecule has 2 rings (SSSR count). The summed E-state index contributed by atoms with van der Waals surface area (Å²) in [4.78, 5) is 15.4. The number of hydrogen-bond donors (Lipinski definition) is 0. The number of esters is 1. The summed E-state index contributed by atoms with van der Waals surface area (Å²) < 4.78 is 9.98. The Bertz CT molecular complexity index is 414. The minimum atomic E-state index is -0.481. The van der Waals surface area contributed by atoms with E-state index in [1.54, 1.807) is 0 Å². The number of nitrogens with zero attached hydrogens (tertiary/aromatic N) is 1. The van der Waals surface area contributed by atoms with Crippen LogP contribution in [0.15, 0.2) is 35.3 Å². The first-order chi connectivity index (χ1) is 8.29. The molecule has 0 fully saturated rings. The van der Waals surface area contributed by atoms with E-state index in [0.29, 0.717) is 12.5 Å². The van der Waals surface area contributed by atoms with Gasteiger partial charge < -0.3 is 9.47 Å². The van der Waals surface area contributed by atoms with E-state index in [2.05, 4.69) is 21.9 Å². The highest BCUT2D eigenvalue weighted by Gasteiger charge is 2.25. The number of hydrogen-bond acceptors (Lipinski definition) is 4. The molecule has 4 nitrogen and oxygen atoms in total. The smallest absolute Gasteiger partial charge is 0.334 e. The predicted octanol–water partition coefficient (Wildman–Crippen LogP) is 1.59. The van der Waals surface area contributed by atoms with Crippen LogP contribution in [0.3, 0.4) is 0 Å². The third-order valence-electron chi connectivity index (χ3n) is 2.65. The van der Waals surface area contributed by atoms with Crippen LogP contribution < -0.4 is 0 Å². The number of methoxy groups -OCH3 is 1. The highest BCUT2D eigenvalue weighted by molar-refractivity contribution is 5.85. The van der Waals surface area contributed by atoms with Crippen LogP contribution in [0.4, 0.5) is 0 Å². The second-order valence-corrected chi connectivity index (χ2v) is 3.86. The standard InChI is InChI=1S/C13H15NO3/c1-16-13(15)11-9-17-12(14-11)8-7-10-5-3-2-4-6-10/h2-6,11H,7-9H2,1H3/t11-/m0/s1. The lowest BCUT2D eigenvalue weighted by Crippen LogP contribution is -2.21. The Morgan fingerprint density at radius 3 is 2.88 bits per heavy atom. The zero-order chi connectivity index (χ0) is 12.1. The SMILES string of the molecule is COC(=O)[C@@H]1COC(CCc2ccccc2)=N1. The summed E-state index contributed by atoms with van der Waals surface area (Å²) in [6, 6.07) is 9.64. The van der Waals surface area contributed by atoms with Crippen molar-refractivity contribution >= 4 is 11.9 Å². The van der Waals surface area contributed by atoms with Crippen LogP contribution in [0.5, 0.6) is 0 Å². The van der Waals surface area contributed by atoms with Gasteiger partial charge in [-0.15, -0.1) is 0 Å². The molecule has 1 aromatic rings. The van der Waals surface area contributed by atoms with Gasteiger partial charge in [0.15, 0.2) is 11.9 Å². The van der Waals surface area contributed by atoms with Crippen molar-refractivity contribution in [3.05, 3.63) is 35.9 Å². The Balaban J connectivity index is 1.87. The average Bonchev–Trinajstić information content (AvgIpc) is 2.85. The number of carbonyl (C=O) groups excluding carboxylic acids is 1. The number of ether oxygens (including phenoxy) is 2. The number of aliphatic imine (C=N–C) groups is 1. The van der Waals surface area contributed by atoms with Gasteiger partial charge in [-0.25, -0.2) is 9.79 Å². The van der Waals surface area contributed by atoms with E-state index in [1.807, 2.05) is 18.2 Å². The quantitative estimate of drug-likeness (QED) is 0.742. The van der Waals surface area contributed by atoms with Crippen LogP contribution in [0.25, 0.3) is 0 Å². The van der Waals surface area contributed by atoms with Gasteiger partial charge in [0.05, 0.1) is 7.11 Å². The van der Waals surface area contributed by atoms with E-state index in [-0.39, 0.29) is 5.97 Å². The van der Waals surface area contributed by atoms with Crippen LogP contribution >= 0.6 is 0 Å². The van der Waals surface area contributed by atoms with Gasteiger partial charge in [0.25, 0.3) is 0 Å². The highest BCUT2D eigenvalue weighted by atomic mass is 16.5. The zero-order valence-corrected chi connectivity index (χ0v) is 9.76. The van der Waals surface area contributed by atoms with Crippen molar-refractivity contribution in [2.75, 3.05) is 13.7 Å². The van der Waals surface area contributed by atoms with E-state index >= 15 is 0 Å². The molecule has 1 atom stereocenters.